The molecule has 4 fully saturated rings. The van der Waals surface area contributed by atoms with Crippen molar-refractivity contribution in [3.8, 4) is 35.4 Å². The van der Waals surface area contributed by atoms with Gasteiger partial charge in [-0.25, -0.2) is 8.78 Å². The van der Waals surface area contributed by atoms with E-state index >= 15 is 4.39 Å². The second-order valence-corrected chi connectivity index (χ2v) is 15.3. The molecule has 11 heteroatoms. The number of likely N-dealkylation sites (tertiary alicyclic amines) is 1. The number of hydrogen-bond donors (Lipinski definition) is 3. The number of rotatable bonds is 7. The number of halogens is 2. The normalized spacial score (nSPS) is 28.4. The fraction of sp³-hybridized carbons (Fsp3) is 0.513. The summed E-state index contributed by atoms with van der Waals surface area (Å²) in [5.74, 6) is 1.64. The van der Waals surface area contributed by atoms with Crippen LogP contribution in [0.2, 0.25) is 0 Å². The number of anilines is 1. The Labute approximate surface area is 290 Å². The number of phenols is 1. The third kappa shape index (κ3) is 5.62. The summed E-state index contributed by atoms with van der Waals surface area (Å²) in [4.78, 5) is 18.6. The summed E-state index contributed by atoms with van der Waals surface area (Å²) in [6.45, 7) is 4.37. The summed E-state index contributed by atoms with van der Waals surface area (Å²) in [5.41, 5.74) is -1.11. The monoisotopic (exact) mass is 683 g/mol. The molecular formula is C39H43F2N5O4. The van der Waals surface area contributed by atoms with E-state index in [-0.39, 0.29) is 51.5 Å². The van der Waals surface area contributed by atoms with Gasteiger partial charge in [-0.3, -0.25) is 9.88 Å². The quantitative estimate of drug-likeness (QED) is 0.204. The number of aliphatic hydroxyl groups is 2. The van der Waals surface area contributed by atoms with Crippen LogP contribution in [0.15, 0.2) is 30.5 Å². The van der Waals surface area contributed by atoms with Crippen LogP contribution < -0.4 is 9.64 Å². The van der Waals surface area contributed by atoms with Gasteiger partial charge in [0, 0.05) is 54.3 Å². The zero-order valence-corrected chi connectivity index (χ0v) is 28.3. The molecule has 2 saturated carbocycles. The molecule has 0 bridgehead atoms. The van der Waals surface area contributed by atoms with Gasteiger partial charge in [0.2, 0.25) is 0 Å². The molecule has 2 aromatic carbocycles. The number of terminal acetylenes is 1. The number of β-amino-alcohol motifs (C(OH)–C–C–N with tert-alkyl or cyclic N) is 1. The lowest BCUT2D eigenvalue weighted by molar-refractivity contribution is -0.0596. The van der Waals surface area contributed by atoms with Crippen molar-refractivity contribution in [1.29, 1.82) is 0 Å². The first kappa shape index (κ1) is 33.1. The Bertz CT molecular complexity index is 2010. The number of fused-ring (bicyclic) bond motifs is 3. The van der Waals surface area contributed by atoms with Crippen LogP contribution in [0.25, 0.3) is 32.9 Å². The second-order valence-electron chi connectivity index (χ2n) is 15.3. The van der Waals surface area contributed by atoms with E-state index in [4.69, 9.17) is 16.1 Å². The molecule has 2 saturated heterocycles. The predicted octanol–water partition coefficient (Wildman–Crippen LogP) is 5.95. The molecule has 50 heavy (non-hydrogen) atoms. The third-order valence-electron chi connectivity index (χ3n) is 11.8. The van der Waals surface area contributed by atoms with E-state index in [1.165, 1.54) is 30.5 Å². The molecule has 9 nitrogen and oxygen atoms in total. The maximum atomic E-state index is 17.0. The molecule has 4 aliphatic rings. The predicted molar refractivity (Wildman–Crippen MR) is 187 cm³/mol. The molecule has 262 valence electrons. The number of hydrogen-bond acceptors (Lipinski definition) is 9. The summed E-state index contributed by atoms with van der Waals surface area (Å²) < 4.78 is 38.4. The minimum absolute atomic E-state index is 0.0226. The van der Waals surface area contributed by atoms with Gasteiger partial charge in [0.25, 0.3) is 0 Å². The van der Waals surface area contributed by atoms with Crippen LogP contribution in [-0.4, -0.2) is 85.7 Å². The Morgan fingerprint density at radius 2 is 1.88 bits per heavy atom. The van der Waals surface area contributed by atoms with Gasteiger partial charge in [0.1, 0.15) is 28.6 Å². The number of aliphatic hydroxyl groups excluding tert-OH is 1. The van der Waals surface area contributed by atoms with Crippen LogP contribution in [-0.2, 0) is 0 Å². The minimum Gasteiger partial charge on any atom is -0.508 e. The van der Waals surface area contributed by atoms with E-state index in [0.717, 1.165) is 57.9 Å². The number of piperidine rings is 2. The van der Waals surface area contributed by atoms with Crippen LogP contribution in [0.5, 0.6) is 11.8 Å². The van der Waals surface area contributed by atoms with E-state index < -0.39 is 17.2 Å². The van der Waals surface area contributed by atoms with Crippen molar-refractivity contribution in [2.24, 2.45) is 11.3 Å². The van der Waals surface area contributed by atoms with Crippen molar-refractivity contribution in [1.82, 2.24) is 19.9 Å². The molecule has 3 N–H and O–H groups in total. The van der Waals surface area contributed by atoms with Gasteiger partial charge < -0.3 is 25.0 Å². The highest BCUT2D eigenvalue weighted by Gasteiger charge is 2.51. The van der Waals surface area contributed by atoms with Crippen molar-refractivity contribution in [2.45, 2.75) is 82.4 Å². The van der Waals surface area contributed by atoms with Crippen LogP contribution in [0.3, 0.4) is 0 Å². The van der Waals surface area contributed by atoms with Crippen molar-refractivity contribution >= 4 is 27.5 Å². The fourth-order valence-corrected chi connectivity index (χ4v) is 9.37. The molecular weight excluding hydrogens is 640 g/mol. The molecule has 2 aliphatic carbocycles. The van der Waals surface area contributed by atoms with Gasteiger partial charge in [-0.15, -0.1) is 6.42 Å². The number of phenolic OH excluding ortho intramolecular Hbond substituents is 1. The highest BCUT2D eigenvalue weighted by molar-refractivity contribution is 6.03. The van der Waals surface area contributed by atoms with Gasteiger partial charge >= 0.3 is 6.01 Å². The zero-order chi connectivity index (χ0) is 34.8. The third-order valence-corrected chi connectivity index (χ3v) is 11.8. The summed E-state index contributed by atoms with van der Waals surface area (Å²) in [6.07, 6.45) is 15.9. The van der Waals surface area contributed by atoms with Crippen molar-refractivity contribution in [2.75, 3.05) is 37.7 Å². The average Bonchev–Trinajstić information content (AvgIpc) is 3.51. The van der Waals surface area contributed by atoms with E-state index in [0.29, 0.717) is 60.7 Å². The van der Waals surface area contributed by atoms with E-state index in [9.17, 15) is 19.7 Å². The smallest absolute Gasteiger partial charge is 0.319 e. The number of ether oxygens (including phenoxy) is 1. The Morgan fingerprint density at radius 1 is 1.08 bits per heavy atom. The Kier molecular flexibility index (Phi) is 8.32. The zero-order valence-electron chi connectivity index (χ0n) is 28.3. The SMILES string of the molecule is C#Cc1c(F)ccc2cc(O)cc(-c3ncc4c(N5CCCC(C)(O)C5)nc(OCC56CCCC5N(C5CC(CO)C5)CCC6)nc4c3F)c12. The van der Waals surface area contributed by atoms with Gasteiger partial charge in [-0.1, -0.05) is 18.4 Å². The lowest BCUT2D eigenvalue weighted by Crippen LogP contribution is -2.58. The summed E-state index contributed by atoms with van der Waals surface area (Å²) in [5, 5.41) is 32.3. The standard InChI is InChI=1S/C39H43F2N5O4/c1-3-27-30(40)9-8-24-17-26(48)18-28(32(24)27)34-33(41)35-29(19-42-34)36(45-13-5-10-38(2,49)21-45)44-37(43-35)50-22-39-11-4-7-31(39)46(14-6-12-39)25-15-23(16-25)20-47/h1,8-9,17-19,23,25,31,47-49H,4-7,10-16,20-22H2,2H3. The summed E-state index contributed by atoms with van der Waals surface area (Å²) in [7, 11) is 0. The molecule has 8 rings (SSSR count). The molecule has 3 atom stereocenters. The number of aromatic nitrogens is 3. The minimum atomic E-state index is -0.962. The highest BCUT2D eigenvalue weighted by Crippen LogP contribution is 2.51. The molecule has 0 radical (unpaired) electrons. The summed E-state index contributed by atoms with van der Waals surface area (Å²) >= 11 is 0. The van der Waals surface area contributed by atoms with Crippen LogP contribution >= 0.6 is 0 Å². The molecule has 3 unspecified atom stereocenters. The molecule has 0 spiro atoms. The first-order chi connectivity index (χ1) is 24.1. The first-order valence-electron chi connectivity index (χ1n) is 17.8. The Morgan fingerprint density at radius 3 is 2.66 bits per heavy atom. The van der Waals surface area contributed by atoms with E-state index in [1.807, 2.05) is 4.90 Å². The van der Waals surface area contributed by atoms with Gasteiger partial charge in [-0.05, 0) is 94.3 Å². The topological polar surface area (TPSA) is 115 Å². The lowest BCUT2D eigenvalue weighted by atomic mass is 9.72. The molecule has 2 aromatic heterocycles. The maximum Gasteiger partial charge on any atom is 0.319 e. The van der Waals surface area contributed by atoms with Crippen molar-refractivity contribution in [3.63, 3.8) is 0 Å². The first-order valence-corrected chi connectivity index (χ1v) is 17.8. The largest absolute Gasteiger partial charge is 0.508 e. The number of aromatic hydroxyl groups is 1. The molecule has 0 amide bonds. The number of nitrogens with zero attached hydrogens (tertiary/aromatic N) is 5. The Balaban J connectivity index is 1.21. The highest BCUT2D eigenvalue weighted by atomic mass is 19.1. The van der Waals surface area contributed by atoms with E-state index in [1.54, 1.807) is 6.92 Å². The average molecular weight is 684 g/mol. The van der Waals surface area contributed by atoms with Crippen molar-refractivity contribution < 1.29 is 28.8 Å². The van der Waals surface area contributed by atoms with Crippen LogP contribution in [0.1, 0.15) is 70.3 Å². The molecule has 4 aromatic rings. The molecule has 2 aliphatic heterocycles. The number of pyridine rings is 1. The maximum absolute atomic E-state index is 17.0. The van der Waals surface area contributed by atoms with Crippen LogP contribution in [0, 0.1) is 35.3 Å². The second kappa shape index (κ2) is 12.6. The Hall–Kier alpha value is -4.11. The van der Waals surface area contributed by atoms with Gasteiger partial charge in [0.05, 0.1) is 23.2 Å². The van der Waals surface area contributed by atoms with E-state index in [2.05, 4.69) is 20.8 Å². The number of benzene rings is 2. The fourth-order valence-electron chi connectivity index (χ4n) is 9.37. The van der Waals surface area contributed by atoms with Gasteiger partial charge in [-0.2, -0.15) is 9.97 Å². The molecule has 4 heterocycles. The van der Waals surface area contributed by atoms with Crippen LogP contribution in [0.4, 0.5) is 14.6 Å². The van der Waals surface area contributed by atoms with Gasteiger partial charge in [0.15, 0.2) is 5.82 Å². The summed E-state index contributed by atoms with van der Waals surface area (Å²) in [6, 6.07) is 6.40. The lowest BCUT2D eigenvalue weighted by Gasteiger charge is -2.53. The van der Waals surface area contributed by atoms with Crippen molar-refractivity contribution in [3.05, 3.63) is 47.7 Å².